The maximum Gasteiger partial charge on any atom is 0.289 e. The van der Waals surface area contributed by atoms with Gasteiger partial charge in [0.2, 0.25) is 0 Å². The first-order valence-electron chi connectivity index (χ1n) is 10.7. The minimum Gasteiger partial charge on any atom is -0.444 e. The molecule has 2 aromatic carbocycles. The Bertz CT molecular complexity index is 1150. The Morgan fingerprint density at radius 1 is 0.906 bits per heavy atom. The molecule has 0 radical (unpaired) electrons. The minimum atomic E-state index is -0.113. The standard InChI is InChI=1S/C27H26N2O2S/c1-20-9-8-10-21(2)26(20)32-25-15-14-24(31-25)27(30)29(19-22-11-4-3-5-12-22)18-16-23-13-6-7-17-28-23/h3-15,17H,16,18-19H2,1-2H3. The van der Waals surface area contributed by atoms with Gasteiger partial charge >= 0.3 is 0 Å². The average molecular weight is 443 g/mol. The van der Waals surface area contributed by atoms with Crippen LogP contribution in [-0.2, 0) is 13.0 Å². The first-order valence-corrected chi connectivity index (χ1v) is 11.5. The number of pyridine rings is 1. The van der Waals surface area contributed by atoms with Gasteiger partial charge in [0, 0.05) is 36.3 Å². The number of hydrogen-bond donors (Lipinski definition) is 0. The van der Waals surface area contributed by atoms with E-state index in [1.54, 1.807) is 24.0 Å². The molecule has 0 fully saturated rings. The van der Waals surface area contributed by atoms with Gasteiger partial charge in [0.25, 0.3) is 5.91 Å². The molecule has 0 spiro atoms. The van der Waals surface area contributed by atoms with Crippen molar-refractivity contribution in [1.29, 1.82) is 0 Å². The van der Waals surface area contributed by atoms with Crippen molar-refractivity contribution < 1.29 is 9.21 Å². The number of amides is 1. The second-order valence-corrected chi connectivity index (χ2v) is 8.74. The lowest BCUT2D eigenvalue weighted by molar-refractivity contribution is 0.0707. The SMILES string of the molecule is Cc1cccc(C)c1Sc1ccc(C(=O)N(CCc2ccccn2)Cc2ccccc2)o1. The van der Waals surface area contributed by atoms with Crippen molar-refractivity contribution in [2.45, 2.75) is 36.8 Å². The Morgan fingerprint density at radius 3 is 2.38 bits per heavy atom. The van der Waals surface area contributed by atoms with E-state index in [0.29, 0.717) is 25.3 Å². The Kier molecular flexibility index (Phi) is 7.07. The van der Waals surface area contributed by atoms with Crippen LogP contribution >= 0.6 is 11.8 Å². The molecule has 0 aliphatic rings. The largest absolute Gasteiger partial charge is 0.444 e. The normalized spacial score (nSPS) is 10.8. The molecule has 0 bridgehead atoms. The van der Waals surface area contributed by atoms with Gasteiger partial charge in [0.05, 0.1) is 0 Å². The predicted octanol–water partition coefficient (Wildman–Crippen LogP) is 6.33. The van der Waals surface area contributed by atoms with E-state index < -0.39 is 0 Å². The molecule has 4 nitrogen and oxygen atoms in total. The molecule has 0 saturated heterocycles. The van der Waals surface area contributed by atoms with Gasteiger partial charge in [-0.2, -0.15) is 0 Å². The summed E-state index contributed by atoms with van der Waals surface area (Å²) in [6.07, 6.45) is 2.46. The molecule has 0 N–H and O–H groups in total. The highest BCUT2D eigenvalue weighted by atomic mass is 32.2. The number of aryl methyl sites for hydroxylation is 2. The fourth-order valence-corrected chi connectivity index (χ4v) is 4.49. The molecule has 0 saturated carbocycles. The molecule has 1 amide bonds. The van der Waals surface area contributed by atoms with Gasteiger partial charge < -0.3 is 9.32 Å². The summed E-state index contributed by atoms with van der Waals surface area (Å²) >= 11 is 1.56. The van der Waals surface area contributed by atoms with Crippen molar-refractivity contribution in [3.63, 3.8) is 0 Å². The Morgan fingerprint density at radius 2 is 1.66 bits per heavy atom. The van der Waals surface area contributed by atoms with Crippen LogP contribution in [0.3, 0.4) is 0 Å². The van der Waals surface area contributed by atoms with Crippen LogP contribution in [0.5, 0.6) is 0 Å². The highest BCUT2D eigenvalue weighted by Crippen LogP contribution is 2.34. The average Bonchev–Trinajstić information content (AvgIpc) is 3.29. The van der Waals surface area contributed by atoms with Crippen LogP contribution < -0.4 is 0 Å². The third-order valence-corrected chi connectivity index (χ3v) is 6.54. The highest BCUT2D eigenvalue weighted by molar-refractivity contribution is 7.99. The van der Waals surface area contributed by atoms with E-state index in [1.165, 1.54) is 11.1 Å². The van der Waals surface area contributed by atoms with Crippen LogP contribution in [0, 0.1) is 13.8 Å². The summed E-state index contributed by atoms with van der Waals surface area (Å²) in [7, 11) is 0. The van der Waals surface area contributed by atoms with Crippen molar-refractivity contribution in [2.24, 2.45) is 0 Å². The Balaban J connectivity index is 1.52. The molecule has 5 heteroatoms. The number of carbonyl (C=O) groups is 1. The van der Waals surface area contributed by atoms with Crippen LogP contribution in [0.15, 0.2) is 99.5 Å². The van der Waals surface area contributed by atoms with E-state index in [4.69, 9.17) is 4.42 Å². The molecular weight excluding hydrogens is 416 g/mol. The first-order chi connectivity index (χ1) is 15.6. The molecule has 0 aliphatic carbocycles. The van der Waals surface area contributed by atoms with Gasteiger partial charge in [-0.25, -0.2) is 0 Å². The van der Waals surface area contributed by atoms with Gasteiger partial charge in [-0.15, -0.1) is 0 Å². The van der Waals surface area contributed by atoms with E-state index in [-0.39, 0.29) is 5.91 Å². The third-order valence-electron chi connectivity index (χ3n) is 5.27. The van der Waals surface area contributed by atoms with Gasteiger partial charge in [0.1, 0.15) is 0 Å². The zero-order chi connectivity index (χ0) is 22.3. The summed E-state index contributed by atoms with van der Waals surface area (Å²) < 4.78 is 5.99. The van der Waals surface area contributed by atoms with E-state index in [2.05, 4.69) is 37.0 Å². The maximum absolute atomic E-state index is 13.4. The van der Waals surface area contributed by atoms with Gasteiger partial charge in [-0.05, 0) is 54.8 Å². The van der Waals surface area contributed by atoms with Crippen molar-refractivity contribution in [2.75, 3.05) is 6.54 Å². The number of benzene rings is 2. The topological polar surface area (TPSA) is 46.3 Å². The van der Waals surface area contributed by atoms with E-state index in [1.807, 2.05) is 59.5 Å². The lowest BCUT2D eigenvalue weighted by atomic mass is 10.2. The second kappa shape index (κ2) is 10.3. The maximum atomic E-state index is 13.4. The predicted molar refractivity (Wildman–Crippen MR) is 128 cm³/mol. The monoisotopic (exact) mass is 442 g/mol. The quantitative estimate of drug-likeness (QED) is 0.320. The van der Waals surface area contributed by atoms with E-state index >= 15 is 0 Å². The smallest absolute Gasteiger partial charge is 0.289 e. The fraction of sp³-hybridized carbons (Fsp3) is 0.185. The van der Waals surface area contributed by atoms with Gasteiger partial charge in [0.15, 0.2) is 10.9 Å². The lowest BCUT2D eigenvalue weighted by Gasteiger charge is -2.22. The number of nitrogens with zero attached hydrogens (tertiary/aromatic N) is 2. The van der Waals surface area contributed by atoms with Crippen molar-refractivity contribution in [3.05, 3.63) is 113 Å². The van der Waals surface area contributed by atoms with Crippen molar-refractivity contribution in [3.8, 4) is 0 Å². The molecule has 2 heterocycles. The molecule has 0 aliphatic heterocycles. The zero-order valence-electron chi connectivity index (χ0n) is 18.3. The third kappa shape index (κ3) is 5.48. The van der Waals surface area contributed by atoms with Gasteiger partial charge in [-0.3, -0.25) is 9.78 Å². The number of carbonyl (C=O) groups excluding carboxylic acids is 1. The molecule has 4 aromatic rings. The van der Waals surface area contributed by atoms with Crippen LogP contribution in [-0.4, -0.2) is 22.3 Å². The molecular formula is C27H26N2O2S. The van der Waals surface area contributed by atoms with Crippen molar-refractivity contribution in [1.82, 2.24) is 9.88 Å². The first kappa shape index (κ1) is 21.9. The second-order valence-electron chi connectivity index (χ2n) is 7.73. The summed E-state index contributed by atoms with van der Waals surface area (Å²) in [5.74, 6) is 0.244. The number of hydrogen-bond acceptors (Lipinski definition) is 4. The number of rotatable bonds is 8. The summed E-state index contributed by atoms with van der Waals surface area (Å²) in [6, 6.07) is 25.7. The summed E-state index contributed by atoms with van der Waals surface area (Å²) in [4.78, 5) is 20.8. The zero-order valence-corrected chi connectivity index (χ0v) is 19.1. The molecule has 4 rings (SSSR count). The minimum absolute atomic E-state index is 0.113. The summed E-state index contributed by atoms with van der Waals surface area (Å²) in [5.41, 5.74) is 4.43. The van der Waals surface area contributed by atoms with Crippen LogP contribution in [0.4, 0.5) is 0 Å². The van der Waals surface area contributed by atoms with E-state index in [0.717, 1.165) is 21.2 Å². The summed E-state index contributed by atoms with van der Waals surface area (Å²) in [5, 5.41) is 0.718. The lowest BCUT2D eigenvalue weighted by Crippen LogP contribution is -2.32. The molecule has 2 aromatic heterocycles. The molecule has 32 heavy (non-hydrogen) atoms. The highest BCUT2D eigenvalue weighted by Gasteiger charge is 2.20. The van der Waals surface area contributed by atoms with Crippen LogP contribution in [0.1, 0.15) is 32.9 Å². The molecule has 0 unspecified atom stereocenters. The Labute approximate surface area is 193 Å². The number of furan rings is 1. The van der Waals surface area contributed by atoms with Crippen LogP contribution in [0.25, 0.3) is 0 Å². The Hall–Kier alpha value is -3.31. The molecule has 162 valence electrons. The van der Waals surface area contributed by atoms with Gasteiger partial charge in [-0.1, -0.05) is 66.4 Å². The fourth-order valence-electron chi connectivity index (χ4n) is 3.56. The van der Waals surface area contributed by atoms with E-state index in [9.17, 15) is 4.79 Å². The van der Waals surface area contributed by atoms with Crippen LogP contribution in [0.2, 0.25) is 0 Å². The molecule has 0 atom stereocenters. The number of aromatic nitrogens is 1. The van der Waals surface area contributed by atoms with Crippen molar-refractivity contribution >= 4 is 17.7 Å². The summed E-state index contributed by atoms with van der Waals surface area (Å²) in [6.45, 7) is 5.25.